The smallest absolute Gasteiger partial charge is 0.307 e. The van der Waals surface area contributed by atoms with Crippen LogP contribution in [-0.2, 0) is 22.0 Å². The third-order valence-electron chi connectivity index (χ3n) is 2.76. The third-order valence-corrected chi connectivity index (χ3v) is 3.28. The maximum absolute atomic E-state index is 13.5. The van der Waals surface area contributed by atoms with Gasteiger partial charge in [-0.05, 0) is 6.07 Å². The van der Waals surface area contributed by atoms with E-state index in [1.807, 2.05) is 0 Å². The number of benzene rings is 1. The van der Waals surface area contributed by atoms with Gasteiger partial charge in [0.15, 0.2) is 0 Å². The van der Waals surface area contributed by atoms with Gasteiger partial charge in [0.1, 0.15) is 11.6 Å². The number of aromatic nitrogens is 2. The van der Waals surface area contributed by atoms with E-state index >= 15 is 0 Å². The fourth-order valence-corrected chi connectivity index (χ4v) is 2.19. The number of imidazole rings is 1. The number of carbonyl (C=O) groups excluding carboxylic acids is 1. The van der Waals surface area contributed by atoms with Crippen LogP contribution >= 0.6 is 23.2 Å². The quantitative estimate of drug-likeness (QED) is 0.644. The molecule has 0 fully saturated rings. The van der Waals surface area contributed by atoms with Gasteiger partial charge in [-0.3, -0.25) is 4.79 Å². The van der Waals surface area contributed by atoms with Gasteiger partial charge in [-0.1, -0.05) is 11.6 Å². The molecule has 0 aliphatic carbocycles. The zero-order chi connectivity index (χ0) is 14.0. The molecule has 102 valence electrons. The fraction of sp³-hybridized carbons (Fsp3) is 0.333. The van der Waals surface area contributed by atoms with Gasteiger partial charge >= 0.3 is 5.97 Å². The molecule has 0 spiro atoms. The van der Waals surface area contributed by atoms with Crippen LogP contribution in [0.5, 0.6) is 0 Å². The molecule has 1 aromatic heterocycles. The van der Waals surface area contributed by atoms with E-state index in [1.54, 1.807) is 4.57 Å². The molecule has 2 rings (SSSR count). The van der Waals surface area contributed by atoms with Gasteiger partial charge in [0, 0.05) is 12.6 Å². The number of rotatable bonds is 4. The first-order chi connectivity index (χ1) is 9.06. The molecule has 1 heterocycles. The van der Waals surface area contributed by atoms with E-state index in [4.69, 9.17) is 23.2 Å². The predicted octanol–water partition coefficient (Wildman–Crippen LogP) is 3.13. The van der Waals surface area contributed by atoms with Crippen molar-refractivity contribution in [3.63, 3.8) is 0 Å². The van der Waals surface area contributed by atoms with E-state index in [9.17, 15) is 9.18 Å². The van der Waals surface area contributed by atoms with Crippen LogP contribution in [0, 0.1) is 5.82 Å². The molecule has 0 aliphatic heterocycles. The minimum Gasteiger partial charge on any atom is -0.469 e. The van der Waals surface area contributed by atoms with Crippen molar-refractivity contribution < 1.29 is 13.9 Å². The lowest BCUT2D eigenvalue weighted by molar-refractivity contribution is -0.140. The zero-order valence-corrected chi connectivity index (χ0v) is 11.6. The second-order valence-corrected chi connectivity index (χ2v) is 4.57. The first kappa shape index (κ1) is 14.1. The number of halogens is 3. The number of alkyl halides is 1. The second kappa shape index (κ2) is 5.75. The van der Waals surface area contributed by atoms with Crippen LogP contribution in [0.25, 0.3) is 11.0 Å². The van der Waals surface area contributed by atoms with Crippen molar-refractivity contribution in [2.24, 2.45) is 0 Å². The highest BCUT2D eigenvalue weighted by Gasteiger charge is 2.14. The fourth-order valence-electron chi connectivity index (χ4n) is 1.83. The van der Waals surface area contributed by atoms with E-state index < -0.39 is 5.82 Å². The monoisotopic (exact) mass is 304 g/mol. The molecule has 0 N–H and O–H groups in total. The Morgan fingerprint density at radius 3 is 2.89 bits per heavy atom. The van der Waals surface area contributed by atoms with Crippen molar-refractivity contribution in [1.82, 2.24) is 9.55 Å². The normalized spacial score (nSPS) is 10.9. The van der Waals surface area contributed by atoms with E-state index in [-0.39, 0.29) is 23.3 Å². The lowest BCUT2D eigenvalue weighted by Gasteiger charge is -2.06. The summed E-state index contributed by atoms with van der Waals surface area (Å²) in [6.45, 7) is 0.326. The summed E-state index contributed by atoms with van der Waals surface area (Å²) in [5.41, 5.74) is 1.10. The summed E-state index contributed by atoms with van der Waals surface area (Å²) in [4.78, 5) is 15.4. The van der Waals surface area contributed by atoms with Crippen LogP contribution in [0.15, 0.2) is 12.1 Å². The predicted molar refractivity (Wildman–Crippen MR) is 70.9 cm³/mol. The standard InChI is InChI=1S/C12H11Cl2FN2O2/c1-19-12(18)2-3-17-10-5-8(15)7(14)4-9(10)16-11(17)6-13/h4-5H,2-3,6H2,1H3. The molecule has 0 saturated carbocycles. The highest BCUT2D eigenvalue weighted by atomic mass is 35.5. The maximum atomic E-state index is 13.5. The average Bonchev–Trinajstić information content (AvgIpc) is 2.73. The number of fused-ring (bicyclic) bond motifs is 1. The molecule has 4 nitrogen and oxygen atoms in total. The molecule has 7 heteroatoms. The lowest BCUT2D eigenvalue weighted by Crippen LogP contribution is -2.09. The van der Waals surface area contributed by atoms with Gasteiger partial charge in [-0.2, -0.15) is 0 Å². The summed E-state index contributed by atoms with van der Waals surface area (Å²) >= 11 is 11.5. The van der Waals surface area contributed by atoms with E-state index in [1.165, 1.54) is 19.2 Å². The number of hydrogen-bond acceptors (Lipinski definition) is 3. The Balaban J connectivity index is 2.44. The highest BCUT2D eigenvalue weighted by molar-refractivity contribution is 6.31. The SMILES string of the molecule is COC(=O)CCn1c(CCl)nc2cc(Cl)c(F)cc21. The van der Waals surface area contributed by atoms with E-state index in [0.717, 1.165) is 0 Å². The molecular weight excluding hydrogens is 294 g/mol. The van der Waals surface area contributed by atoms with Crippen LogP contribution in [0.2, 0.25) is 5.02 Å². The van der Waals surface area contributed by atoms with Crippen LogP contribution in [0.1, 0.15) is 12.2 Å². The minimum atomic E-state index is -0.533. The highest BCUT2D eigenvalue weighted by Crippen LogP contribution is 2.24. The number of esters is 1. The maximum Gasteiger partial charge on any atom is 0.307 e. The van der Waals surface area contributed by atoms with Gasteiger partial charge in [-0.15, -0.1) is 11.6 Å². The molecular formula is C12H11Cl2FN2O2. The molecule has 0 atom stereocenters. The Morgan fingerprint density at radius 2 is 2.26 bits per heavy atom. The molecule has 19 heavy (non-hydrogen) atoms. The summed E-state index contributed by atoms with van der Waals surface area (Å²) in [6.07, 6.45) is 0.163. The van der Waals surface area contributed by atoms with Crippen molar-refractivity contribution >= 4 is 40.2 Å². The number of nitrogens with zero attached hydrogens (tertiary/aromatic N) is 2. The first-order valence-electron chi connectivity index (χ1n) is 5.53. The number of aryl methyl sites for hydroxylation is 1. The van der Waals surface area contributed by atoms with Crippen molar-refractivity contribution in [3.8, 4) is 0 Å². The van der Waals surface area contributed by atoms with Crippen molar-refractivity contribution in [2.45, 2.75) is 18.8 Å². The summed E-state index contributed by atoms with van der Waals surface area (Å²) in [6, 6.07) is 2.73. The van der Waals surface area contributed by atoms with Crippen LogP contribution < -0.4 is 0 Å². The Hall–Kier alpha value is -1.33. The van der Waals surface area contributed by atoms with Gasteiger partial charge < -0.3 is 9.30 Å². The Kier molecular flexibility index (Phi) is 4.27. The first-order valence-corrected chi connectivity index (χ1v) is 6.45. The Bertz CT molecular complexity index is 628. The average molecular weight is 305 g/mol. The van der Waals surface area contributed by atoms with E-state index in [2.05, 4.69) is 9.72 Å². The van der Waals surface area contributed by atoms with Crippen LogP contribution in [-0.4, -0.2) is 22.6 Å². The lowest BCUT2D eigenvalue weighted by atomic mass is 10.3. The van der Waals surface area contributed by atoms with Crippen LogP contribution in [0.3, 0.4) is 0 Å². The molecule has 0 bridgehead atoms. The van der Waals surface area contributed by atoms with E-state index in [0.29, 0.717) is 23.4 Å². The molecule has 0 aliphatic rings. The topological polar surface area (TPSA) is 44.1 Å². The molecule has 1 aromatic carbocycles. The summed E-state index contributed by atoms with van der Waals surface area (Å²) in [5, 5.41) is 0.00578. The van der Waals surface area contributed by atoms with Gasteiger partial charge in [0.25, 0.3) is 0 Å². The third kappa shape index (κ3) is 2.82. The summed E-state index contributed by atoms with van der Waals surface area (Å²) in [5.74, 6) is -0.164. The van der Waals surface area contributed by atoms with Gasteiger partial charge in [-0.25, -0.2) is 9.37 Å². The Morgan fingerprint density at radius 1 is 1.53 bits per heavy atom. The molecule has 0 saturated heterocycles. The Labute approximate surface area is 119 Å². The van der Waals surface area contributed by atoms with Crippen molar-refractivity contribution in [1.29, 1.82) is 0 Å². The number of carbonyl (C=O) groups is 1. The largest absolute Gasteiger partial charge is 0.469 e. The molecule has 0 amide bonds. The van der Waals surface area contributed by atoms with Crippen molar-refractivity contribution in [3.05, 3.63) is 28.8 Å². The molecule has 0 unspecified atom stereocenters. The van der Waals surface area contributed by atoms with Gasteiger partial charge in [0.2, 0.25) is 0 Å². The van der Waals surface area contributed by atoms with Crippen LogP contribution in [0.4, 0.5) is 4.39 Å². The second-order valence-electron chi connectivity index (χ2n) is 3.89. The van der Waals surface area contributed by atoms with Crippen molar-refractivity contribution in [2.75, 3.05) is 7.11 Å². The minimum absolute atomic E-state index is 0.00578. The molecule has 2 aromatic rings. The number of methoxy groups -OCH3 is 1. The molecule has 0 radical (unpaired) electrons. The summed E-state index contributed by atoms with van der Waals surface area (Å²) in [7, 11) is 1.32. The van der Waals surface area contributed by atoms with Gasteiger partial charge in [0.05, 0.1) is 35.5 Å². The summed E-state index contributed by atoms with van der Waals surface area (Å²) < 4.78 is 19.8. The zero-order valence-electron chi connectivity index (χ0n) is 10.1. The number of hydrogen-bond donors (Lipinski definition) is 0. The number of ether oxygens (including phenoxy) is 1.